The Hall–Kier alpha value is -1.39. The van der Waals surface area contributed by atoms with Gasteiger partial charge in [0.1, 0.15) is 0 Å². The monoisotopic (exact) mass is 343 g/mol. The van der Waals surface area contributed by atoms with E-state index in [1.54, 1.807) is 6.92 Å². The molecule has 138 valence electrons. The van der Waals surface area contributed by atoms with Crippen LogP contribution in [0.15, 0.2) is 30.3 Å². The van der Waals surface area contributed by atoms with E-state index in [1.165, 1.54) is 44.2 Å². The van der Waals surface area contributed by atoms with Gasteiger partial charge >= 0.3 is 0 Å². The van der Waals surface area contributed by atoms with E-state index in [1.807, 2.05) is 0 Å². The van der Waals surface area contributed by atoms with E-state index in [-0.39, 0.29) is 5.91 Å². The van der Waals surface area contributed by atoms with Crippen molar-refractivity contribution >= 4 is 5.91 Å². The lowest BCUT2D eigenvalue weighted by molar-refractivity contribution is -0.119. The molecule has 0 spiro atoms. The zero-order chi connectivity index (χ0) is 17.5. The summed E-state index contributed by atoms with van der Waals surface area (Å²) in [5.74, 6) is 0.107. The minimum Gasteiger partial charge on any atom is -0.354 e. The summed E-state index contributed by atoms with van der Waals surface area (Å²) in [5, 5.41) is 6.89. The van der Waals surface area contributed by atoms with E-state index >= 15 is 0 Å². The molecule has 0 radical (unpaired) electrons. The Kier molecular flexibility index (Phi) is 6.88. The van der Waals surface area contributed by atoms with Crippen molar-refractivity contribution < 1.29 is 4.79 Å². The summed E-state index contributed by atoms with van der Waals surface area (Å²) in [6, 6.07) is 12.5. The zero-order valence-electron chi connectivity index (χ0n) is 15.5. The van der Waals surface area contributed by atoms with Gasteiger partial charge in [0.15, 0.2) is 0 Å². The highest BCUT2D eigenvalue weighted by Gasteiger charge is 2.25. The third-order valence-electron chi connectivity index (χ3n) is 5.75. The van der Waals surface area contributed by atoms with Crippen LogP contribution in [0.5, 0.6) is 0 Å². The summed E-state index contributed by atoms with van der Waals surface area (Å²) in [6.07, 6.45) is 8.55. The highest BCUT2D eigenvalue weighted by molar-refractivity contribution is 5.73. The van der Waals surface area contributed by atoms with Crippen LogP contribution in [0.3, 0.4) is 0 Å². The van der Waals surface area contributed by atoms with E-state index in [0.717, 1.165) is 25.9 Å². The first-order valence-electron chi connectivity index (χ1n) is 9.99. The van der Waals surface area contributed by atoms with Crippen molar-refractivity contribution in [2.75, 3.05) is 13.1 Å². The highest BCUT2D eigenvalue weighted by Crippen LogP contribution is 2.22. The van der Waals surface area contributed by atoms with Crippen LogP contribution in [-0.4, -0.2) is 42.0 Å². The third-order valence-corrected chi connectivity index (χ3v) is 5.75. The van der Waals surface area contributed by atoms with Crippen LogP contribution in [-0.2, 0) is 11.3 Å². The summed E-state index contributed by atoms with van der Waals surface area (Å²) in [5.41, 5.74) is 1.42. The maximum Gasteiger partial charge on any atom is 0.217 e. The van der Waals surface area contributed by atoms with Crippen molar-refractivity contribution in [3.8, 4) is 0 Å². The molecule has 4 heteroatoms. The molecule has 4 nitrogen and oxygen atoms in total. The molecule has 1 saturated heterocycles. The normalized spacial score (nSPS) is 27.8. The lowest BCUT2D eigenvalue weighted by Gasteiger charge is -2.38. The summed E-state index contributed by atoms with van der Waals surface area (Å²) >= 11 is 0. The Bertz CT molecular complexity index is 525. The van der Waals surface area contributed by atoms with Crippen LogP contribution in [0.4, 0.5) is 0 Å². The fraction of sp³-hybridized carbons (Fsp3) is 0.667. The molecule has 2 fully saturated rings. The van der Waals surface area contributed by atoms with E-state index < -0.39 is 0 Å². The van der Waals surface area contributed by atoms with Gasteiger partial charge in [-0.1, -0.05) is 36.8 Å². The molecule has 1 heterocycles. The molecule has 1 saturated carbocycles. The Morgan fingerprint density at radius 2 is 1.76 bits per heavy atom. The summed E-state index contributed by atoms with van der Waals surface area (Å²) in [4.78, 5) is 13.8. The standard InChI is InChI=1S/C21H33N3O/c1-17(25)23-20-12-10-19(11-13-20)22-15-21-9-5-6-14-24(21)16-18-7-3-2-4-8-18/h2-4,7-8,19-22H,5-6,9-16H2,1H3,(H,23,25)/t19?,20?,21-/m0/s1. The first-order chi connectivity index (χ1) is 12.2. The second-order valence-electron chi connectivity index (χ2n) is 7.76. The van der Waals surface area contributed by atoms with Gasteiger partial charge in [-0.3, -0.25) is 9.69 Å². The smallest absolute Gasteiger partial charge is 0.217 e. The number of hydrogen-bond acceptors (Lipinski definition) is 3. The number of rotatable bonds is 6. The number of benzene rings is 1. The van der Waals surface area contributed by atoms with Crippen LogP contribution >= 0.6 is 0 Å². The average molecular weight is 344 g/mol. The molecule has 1 aromatic carbocycles. The Morgan fingerprint density at radius 1 is 1.04 bits per heavy atom. The van der Waals surface area contributed by atoms with Crippen molar-refractivity contribution in [3.63, 3.8) is 0 Å². The Balaban J connectivity index is 1.44. The van der Waals surface area contributed by atoms with Crippen LogP contribution in [0.25, 0.3) is 0 Å². The van der Waals surface area contributed by atoms with Gasteiger partial charge in [0.25, 0.3) is 0 Å². The number of piperidine rings is 1. The van der Waals surface area contributed by atoms with Gasteiger partial charge in [0, 0.05) is 38.1 Å². The minimum atomic E-state index is 0.107. The van der Waals surface area contributed by atoms with Gasteiger partial charge in [-0.2, -0.15) is 0 Å². The lowest BCUT2D eigenvalue weighted by Crippen LogP contribution is -2.48. The maximum absolute atomic E-state index is 11.2. The molecule has 1 atom stereocenters. The molecular weight excluding hydrogens is 310 g/mol. The van der Waals surface area contributed by atoms with Crippen LogP contribution in [0.2, 0.25) is 0 Å². The van der Waals surface area contributed by atoms with Crippen molar-refractivity contribution in [1.82, 2.24) is 15.5 Å². The zero-order valence-corrected chi connectivity index (χ0v) is 15.5. The van der Waals surface area contributed by atoms with Gasteiger partial charge in [-0.15, -0.1) is 0 Å². The first-order valence-corrected chi connectivity index (χ1v) is 9.99. The van der Waals surface area contributed by atoms with Crippen molar-refractivity contribution in [2.45, 2.75) is 76.5 Å². The van der Waals surface area contributed by atoms with Crippen molar-refractivity contribution in [3.05, 3.63) is 35.9 Å². The number of nitrogens with zero attached hydrogens (tertiary/aromatic N) is 1. The Labute approximate surface area is 152 Å². The second kappa shape index (κ2) is 9.35. The fourth-order valence-corrected chi connectivity index (χ4v) is 4.35. The number of carbonyl (C=O) groups excluding carboxylic acids is 1. The van der Waals surface area contributed by atoms with Gasteiger partial charge in [-0.05, 0) is 50.6 Å². The largest absolute Gasteiger partial charge is 0.354 e. The van der Waals surface area contributed by atoms with Gasteiger partial charge in [-0.25, -0.2) is 0 Å². The number of nitrogens with one attached hydrogen (secondary N) is 2. The summed E-state index contributed by atoms with van der Waals surface area (Å²) in [6.45, 7) is 5.01. The molecule has 2 aliphatic rings. The lowest BCUT2D eigenvalue weighted by atomic mass is 9.90. The number of likely N-dealkylation sites (tertiary alicyclic amines) is 1. The van der Waals surface area contributed by atoms with E-state index in [0.29, 0.717) is 18.1 Å². The number of amides is 1. The topological polar surface area (TPSA) is 44.4 Å². The molecule has 1 aliphatic carbocycles. The molecule has 2 N–H and O–H groups in total. The molecule has 1 amide bonds. The molecule has 0 unspecified atom stereocenters. The van der Waals surface area contributed by atoms with Crippen LogP contribution < -0.4 is 10.6 Å². The minimum absolute atomic E-state index is 0.107. The van der Waals surface area contributed by atoms with Gasteiger partial charge in [0.05, 0.1) is 0 Å². The van der Waals surface area contributed by atoms with Crippen LogP contribution in [0.1, 0.15) is 57.4 Å². The number of carbonyl (C=O) groups is 1. The molecule has 3 rings (SSSR count). The predicted octanol–water partition coefficient (Wildman–Crippen LogP) is 3.08. The second-order valence-corrected chi connectivity index (χ2v) is 7.76. The first kappa shape index (κ1) is 18.4. The predicted molar refractivity (Wildman–Crippen MR) is 102 cm³/mol. The fourth-order valence-electron chi connectivity index (χ4n) is 4.35. The number of hydrogen-bond donors (Lipinski definition) is 2. The molecule has 0 aromatic heterocycles. The average Bonchev–Trinajstić information content (AvgIpc) is 2.63. The summed E-state index contributed by atoms with van der Waals surface area (Å²) in [7, 11) is 0. The van der Waals surface area contributed by atoms with Crippen molar-refractivity contribution in [2.24, 2.45) is 0 Å². The molecule has 1 aromatic rings. The third kappa shape index (κ3) is 5.82. The highest BCUT2D eigenvalue weighted by atomic mass is 16.1. The van der Waals surface area contributed by atoms with Crippen LogP contribution in [0, 0.1) is 0 Å². The van der Waals surface area contributed by atoms with Gasteiger partial charge in [0.2, 0.25) is 5.91 Å². The molecule has 0 bridgehead atoms. The summed E-state index contributed by atoms with van der Waals surface area (Å²) < 4.78 is 0. The molecular formula is C21H33N3O. The van der Waals surface area contributed by atoms with Gasteiger partial charge < -0.3 is 10.6 Å². The SMILES string of the molecule is CC(=O)NC1CCC(NC[C@@H]2CCCCN2Cc2ccccc2)CC1. The molecule has 1 aliphatic heterocycles. The van der Waals surface area contributed by atoms with E-state index in [2.05, 4.69) is 45.9 Å². The molecule has 25 heavy (non-hydrogen) atoms. The van der Waals surface area contributed by atoms with E-state index in [4.69, 9.17) is 0 Å². The van der Waals surface area contributed by atoms with E-state index in [9.17, 15) is 4.79 Å². The maximum atomic E-state index is 11.2. The Morgan fingerprint density at radius 3 is 2.48 bits per heavy atom. The van der Waals surface area contributed by atoms with Crippen molar-refractivity contribution in [1.29, 1.82) is 0 Å². The quantitative estimate of drug-likeness (QED) is 0.834.